The largest absolute Gasteiger partial charge is 0.492 e. The predicted octanol–water partition coefficient (Wildman–Crippen LogP) is 2.22. The maximum Gasteiger partial charge on any atom is 0.307 e. The third-order valence-electron chi connectivity index (χ3n) is 3.57. The number of carbonyl (C=O) groups is 1. The summed E-state index contributed by atoms with van der Waals surface area (Å²) in [5.74, 6) is -1.21. The van der Waals surface area contributed by atoms with Crippen molar-refractivity contribution < 1.29 is 23.1 Å². The third-order valence-corrected chi connectivity index (χ3v) is 5.73. The first-order valence-electron chi connectivity index (χ1n) is 7.01. The second kappa shape index (κ2) is 6.85. The molecule has 1 atom stereocenters. The molecule has 1 aliphatic rings. The van der Waals surface area contributed by atoms with E-state index in [9.17, 15) is 13.2 Å². The number of benzene rings is 1. The molecular weight excluding hydrogens is 330 g/mol. The molecule has 1 fully saturated rings. The average molecular weight is 348 g/mol. The topological polar surface area (TPSA) is 83.9 Å². The smallest absolute Gasteiger partial charge is 0.307 e. The summed E-state index contributed by atoms with van der Waals surface area (Å²) < 4.78 is 31.7. The molecule has 1 aromatic carbocycles. The first-order valence-corrected chi connectivity index (χ1v) is 8.83. The van der Waals surface area contributed by atoms with Crippen molar-refractivity contribution in [2.45, 2.75) is 24.7 Å². The maximum atomic E-state index is 12.6. The van der Waals surface area contributed by atoms with Crippen molar-refractivity contribution >= 4 is 27.6 Å². The van der Waals surface area contributed by atoms with Crippen LogP contribution < -0.4 is 4.74 Å². The quantitative estimate of drug-likeness (QED) is 0.882. The number of ether oxygens (including phenoxy) is 1. The van der Waals surface area contributed by atoms with Gasteiger partial charge in [-0.05, 0) is 38.0 Å². The molecule has 0 bridgehead atoms. The lowest BCUT2D eigenvalue weighted by Crippen LogP contribution is -2.42. The van der Waals surface area contributed by atoms with Gasteiger partial charge >= 0.3 is 5.97 Å². The highest BCUT2D eigenvalue weighted by atomic mass is 35.5. The summed E-state index contributed by atoms with van der Waals surface area (Å²) in [6.45, 7) is 2.54. The van der Waals surface area contributed by atoms with E-state index >= 15 is 0 Å². The Bertz CT molecular complexity index is 661. The number of sulfonamides is 1. The summed E-state index contributed by atoms with van der Waals surface area (Å²) in [6.07, 6.45) is 1.02. The van der Waals surface area contributed by atoms with E-state index in [1.54, 1.807) is 6.92 Å². The maximum absolute atomic E-state index is 12.6. The molecule has 0 spiro atoms. The Hall–Kier alpha value is -1.31. The van der Waals surface area contributed by atoms with E-state index < -0.39 is 21.9 Å². The van der Waals surface area contributed by atoms with Gasteiger partial charge in [0.25, 0.3) is 0 Å². The zero-order chi connectivity index (χ0) is 16.3. The van der Waals surface area contributed by atoms with Crippen LogP contribution in [0.2, 0.25) is 5.02 Å². The Labute approximate surface area is 134 Å². The van der Waals surface area contributed by atoms with Crippen molar-refractivity contribution in [2.24, 2.45) is 5.92 Å². The summed E-state index contributed by atoms with van der Waals surface area (Å²) in [7, 11) is -3.75. The first-order chi connectivity index (χ1) is 10.4. The molecule has 6 nitrogen and oxygen atoms in total. The molecule has 2 rings (SSSR count). The molecule has 0 aliphatic carbocycles. The Morgan fingerprint density at radius 3 is 2.82 bits per heavy atom. The lowest BCUT2D eigenvalue weighted by Gasteiger charge is -2.29. The number of hydrogen-bond donors (Lipinski definition) is 1. The molecule has 0 saturated carbocycles. The zero-order valence-corrected chi connectivity index (χ0v) is 13.7. The van der Waals surface area contributed by atoms with Crippen LogP contribution in [-0.4, -0.2) is 43.5 Å². The minimum atomic E-state index is -3.75. The van der Waals surface area contributed by atoms with Gasteiger partial charge in [0.2, 0.25) is 10.0 Å². The van der Waals surface area contributed by atoms with Crippen LogP contribution in [0.25, 0.3) is 0 Å². The minimum absolute atomic E-state index is 0.0114. The normalized spacial score (nSPS) is 19.8. The summed E-state index contributed by atoms with van der Waals surface area (Å²) in [6, 6.07) is 4.28. The fraction of sp³-hybridized carbons (Fsp3) is 0.500. The number of rotatable bonds is 5. The molecule has 8 heteroatoms. The molecule has 22 heavy (non-hydrogen) atoms. The van der Waals surface area contributed by atoms with Crippen LogP contribution >= 0.6 is 11.6 Å². The monoisotopic (exact) mass is 347 g/mol. The van der Waals surface area contributed by atoms with Crippen LogP contribution in [0, 0.1) is 5.92 Å². The Balaban J connectivity index is 2.26. The number of nitrogens with zero attached hydrogens (tertiary/aromatic N) is 1. The van der Waals surface area contributed by atoms with Gasteiger partial charge in [-0.1, -0.05) is 11.6 Å². The standard InChI is InChI=1S/C14H18ClNO5S/c1-2-21-13-6-5-11(8-12(13)15)22(19,20)16-7-3-4-10(9-16)14(17)18/h5-6,8,10H,2-4,7,9H2,1H3,(H,17,18). The average Bonchev–Trinajstić information content (AvgIpc) is 2.49. The molecule has 1 saturated heterocycles. The zero-order valence-electron chi connectivity index (χ0n) is 12.2. The summed E-state index contributed by atoms with van der Waals surface area (Å²) in [4.78, 5) is 11.1. The van der Waals surface area contributed by atoms with Gasteiger partial charge in [0.1, 0.15) is 5.75 Å². The summed E-state index contributed by atoms with van der Waals surface area (Å²) in [5, 5.41) is 9.29. The van der Waals surface area contributed by atoms with E-state index in [-0.39, 0.29) is 16.5 Å². The second-order valence-electron chi connectivity index (χ2n) is 5.07. The molecule has 1 unspecified atom stereocenters. The van der Waals surface area contributed by atoms with Crippen LogP contribution in [0.5, 0.6) is 5.75 Å². The lowest BCUT2D eigenvalue weighted by molar-refractivity contribution is -0.142. The lowest BCUT2D eigenvalue weighted by atomic mass is 10.0. The van der Waals surface area contributed by atoms with E-state index in [2.05, 4.69) is 0 Å². The number of halogens is 1. The third kappa shape index (κ3) is 3.53. The number of carboxylic acid groups (broad SMARTS) is 1. The SMILES string of the molecule is CCOc1ccc(S(=O)(=O)N2CCCC(C(=O)O)C2)cc1Cl. The van der Waals surface area contributed by atoms with Gasteiger partial charge in [-0.15, -0.1) is 0 Å². The molecule has 0 aromatic heterocycles. The van der Waals surface area contributed by atoms with E-state index in [4.69, 9.17) is 21.4 Å². The molecular formula is C14H18ClNO5S. The predicted molar refractivity (Wildman–Crippen MR) is 81.7 cm³/mol. The van der Waals surface area contributed by atoms with E-state index in [0.29, 0.717) is 31.7 Å². The van der Waals surface area contributed by atoms with Crippen LogP contribution in [0.1, 0.15) is 19.8 Å². The minimum Gasteiger partial charge on any atom is -0.492 e. The van der Waals surface area contributed by atoms with Crippen LogP contribution in [0.3, 0.4) is 0 Å². The van der Waals surface area contributed by atoms with Crippen molar-refractivity contribution in [1.29, 1.82) is 0 Å². The fourth-order valence-corrected chi connectivity index (χ4v) is 4.28. The first kappa shape index (κ1) is 17.1. The van der Waals surface area contributed by atoms with E-state index in [1.165, 1.54) is 22.5 Å². The Morgan fingerprint density at radius 2 is 2.23 bits per heavy atom. The molecule has 0 amide bonds. The number of piperidine rings is 1. The van der Waals surface area contributed by atoms with Crippen molar-refractivity contribution in [3.8, 4) is 5.75 Å². The van der Waals surface area contributed by atoms with Crippen LogP contribution in [0.4, 0.5) is 0 Å². The number of carboxylic acids is 1. The summed E-state index contributed by atoms with van der Waals surface area (Å²) in [5.41, 5.74) is 0. The number of hydrogen-bond acceptors (Lipinski definition) is 4. The van der Waals surface area contributed by atoms with Gasteiger partial charge < -0.3 is 9.84 Å². The second-order valence-corrected chi connectivity index (χ2v) is 7.41. The van der Waals surface area contributed by atoms with Crippen molar-refractivity contribution in [3.63, 3.8) is 0 Å². The number of aliphatic carboxylic acids is 1. The molecule has 122 valence electrons. The molecule has 1 heterocycles. The highest BCUT2D eigenvalue weighted by Gasteiger charge is 2.33. The molecule has 1 N–H and O–H groups in total. The molecule has 1 aromatic rings. The summed E-state index contributed by atoms with van der Waals surface area (Å²) >= 11 is 6.03. The van der Waals surface area contributed by atoms with E-state index in [1.807, 2.05) is 0 Å². The Kier molecular flexibility index (Phi) is 5.31. The molecule has 1 aliphatic heterocycles. The van der Waals surface area contributed by atoms with Crippen molar-refractivity contribution in [1.82, 2.24) is 4.31 Å². The highest BCUT2D eigenvalue weighted by Crippen LogP contribution is 2.30. The Morgan fingerprint density at radius 1 is 1.50 bits per heavy atom. The van der Waals surface area contributed by atoms with Crippen molar-refractivity contribution in [3.05, 3.63) is 23.2 Å². The van der Waals surface area contributed by atoms with Crippen LogP contribution in [0.15, 0.2) is 23.1 Å². The fourth-order valence-electron chi connectivity index (χ4n) is 2.43. The highest BCUT2D eigenvalue weighted by molar-refractivity contribution is 7.89. The van der Waals surface area contributed by atoms with Gasteiger partial charge in [-0.3, -0.25) is 4.79 Å². The van der Waals surface area contributed by atoms with E-state index in [0.717, 1.165) is 0 Å². The van der Waals surface area contributed by atoms with Gasteiger partial charge in [-0.2, -0.15) is 4.31 Å². The van der Waals surface area contributed by atoms with Gasteiger partial charge in [0.15, 0.2) is 0 Å². The van der Waals surface area contributed by atoms with Crippen LogP contribution in [-0.2, 0) is 14.8 Å². The van der Waals surface area contributed by atoms with Gasteiger partial charge in [0.05, 0.1) is 22.4 Å². The van der Waals surface area contributed by atoms with Gasteiger partial charge in [0, 0.05) is 13.1 Å². The van der Waals surface area contributed by atoms with Gasteiger partial charge in [-0.25, -0.2) is 8.42 Å². The van der Waals surface area contributed by atoms with Crippen molar-refractivity contribution in [2.75, 3.05) is 19.7 Å². The molecule has 0 radical (unpaired) electrons.